The molecule has 2 N–H and O–H groups in total. The van der Waals surface area contributed by atoms with Crippen molar-refractivity contribution in [1.82, 2.24) is 10.6 Å². The molecule has 4 atom stereocenters. The summed E-state index contributed by atoms with van der Waals surface area (Å²) in [5.74, 6) is 2.28. The van der Waals surface area contributed by atoms with Crippen molar-refractivity contribution in [2.24, 2.45) is 17.8 Å². The van der Waals surface area contributed by atoms with Crippen molar-refractivity contribution in [2.45, 2.75) is 38.6 Å². The topological polar surface area (TPSA) is 41.1 Å². The summed E-state index contributed by atoms with van der Waals surface area (Å²) in [5.41, 5.74) is 0.597. The molecule has 0 aliphatic heterocycles. The molecule has 1 aromatic rings. The van der Waals surface area contributed by atoms with Crippen molar-refractivity contribution in [2.75, 3.05) is 0 Å². The maximum Gasteiger partial charge on any atom is 0.258 e. The molecular weight excluding hydrogens is 360 g/mol. The molecule has 0 radical (unpaired) electrons. The number of rotatable bonds is 3. The zero-order chi connectivity index (χ0) is 15.7. The van der Waals surface area contributed by atoms with Crippen molar-refractivity contribution >= 4 is 39.2 Å². The predicted octanol–water partition coefficient (Wildman–Crippen LogP) is 3.88. The SMILES string of the molecule is CC(NC(=S)NC(=O)c1ccccc1Br)C1CC2CCC1C2. The smallest absolute Gasteiger partial charge is 0.258 e. The van der Waals surface area contributed by atoms with Gasteiger partial charge < -0.3 is 5.32 Å². The molecule has 2 fully saturated rings. The van der Waals surface area contributed by atoms with Crippen molar-refractivity contribution < 1.29 is 4.79 Å². The molecule has 1 aromatic carbocycles. The molecule has 2 aliphatic rings. The average molecular weight is 381 g/mol. The summed E-state index contributed by atoms with van der Waals surface area (Å²) < 4.78 is 0.774. The van der Waals surface area contributed by atoms with E-state index in [1.165, 1.54) is 25.7 Å². The molecule has 0 spiro atoms. The van der Waals surface area contributed by atoms with Gasteiger partial charge in [-0.2, -0.15) is 0 Å². The number of carbonyl (C=O) groups is 1. The van der Waals surface area contributed by atoms with Crippen LogP contribution < -0.4 is 10.6 Å². The third-order valence-corrected chi connectivity index (χ3v) is 6.05. The minimum absolute atomic E-state index is 0.176. The molecule has 0 heterocycles. The standard InChI is InChI=1S/C17H21BrN2OS/c1-10(14-9-11-6-7-12(14)8-11)19-17(22)20-16(21)13-4-2-3-5-15(13)18/h2-5,10-12,14H,6-9H2,1H3,(H2,19,20,21,22). The minimum Gasteiger partial charge on any atom is -0.360 e. The number of halogens is 1. The van der Waals surface area contributed by atoms with E-state index in [0.717, 1.165) is 16.3 Å². The summed E-state index contributed by atoms with van der Waals surface area (Å²) in [5, 5.41) is 6.52. The van der Waals surface area contributed by atoms with Crippen LogP contribution in [0.4, 0.5) is 0 Å². The van der Waals surface area contributed by atoms with Crippen LogP contribution in [0.1, 0.15) is 43.0 Å². The molecular formula is C17H21BrN2OS. The highest BCUT2D eigenvalue weighted by molar-refractivity contribution is 9.10. The summed E-state index contributed by atoms with van der Waals surface area (Å²) in [6.07, 6.45) is 5.45. The van der Waals surface area contributed by atoms with Crippen LogP contribution in [0, 0.1) is 17.8 Å². The van der Waals surface area contributed by atoms with E-state index in [9.17, 15) is 4.79 Å². The Labute approximate surface area is 145 Å². The number of nitrogens with one attached hydrogen (secondary N) is 2. The van der Waals surface area contributed by atoms with Gasteiger partial charge in [-0.15, -0.1) is 0 Å². The first-order chi connectivity index (χ1) is 10.5. The fourth-order valence-electron chi connectivity index (χ4n) is 4.07. The van der Waals surface area contributed by atoms with Crippen molar-refractivity contribution in [1.29, 1.82) is 0 Å². The van der Waals surface area contributed by atoms with Gasteiger partial charge in [-0.1, -0.05) is 18.6 Å². The number of thiocarbonyl (C=S) groups is 1. The molecule has 22 heavy (non-hydrogen) atoms. The number of carbonyl (C=O) groups excluding carboxylic acids is 1. The normalized spacial score (nSPS) is 27.5. The van der Waals surface area contributed by atoms with E-state index < -0.39 is 0 Å². The molecule has 2 bridgehead atoms. The second kappa shape index (κ2) is 6.67. The van der Waals surface area contributed by atoms with Crippen LogP contribution >= 0.6 is 28.1 Å². The first-order valence-corrected chi connectivity index (χ1v) is 9.11. The van der Waals surface area contributed by atoms with Crippen LogP contribution in [-0.2, 0) is 0 Å². The number of hydrogen-bond donors (Lipinski definition) is 2. The maximum absolute atomic E-state index is 12.2. The monoisotopic (exact) mass is 380 g/mol. The zero-order valence-corrected chi connectivity index (χ0v) is 15.0. The highest BCUT2D eigenvalue weighted by atomic mass is 79.9. The molecule has 3 nitrogen and oxygen atoms in total. The number of fused-ring (bicyclic) bond motifs is 2. The van der Waals surface area contributed by atoms with Gasteiger partial charge in [-0.05, 0) is 84.2 Å². The Morgan fingerprint density at radius 1 is 1.32 bits per heavy atom. The predicted molar refractivity (Wildman–Crippen MR) is 95.7 cm³/mol. The van der Waals surface area contributed by atoms with Gasteiger partial charge in [0.25, 0.3) is 5.91 Å². The molecule has 3 rings (SSSR count). The third-order valence-electron chi connectivity index (χ3n) is 5.14. The third kappa shape index (κ3) is 3.35. The Hall–Kier alpha value is -0.940. The van der Waals surface area contributed by atoms with E-state index in [2.05, 4.69) is 33.5 Å². The molecule has 118 valence electrons. The van der Waals surface area contributed by atoms with Crippen LogP contribution in [0.5, 0.6) is 0 Å². The average Bonchev–Trinajstić information content (AvgIpc) is 3.10. The van der Waals surface area contributed by atoms with Crippen LogP contribution in [0.2, 0.25) is 0 Å². The second-order valence-electron chi connectivity index (χ2n) is 6.53. The van der Waals surface area contributed by atoms with E-state index >= 15 is 0 Å². The molecule has 2 saturated carbocycles. The van der Waals surface area contributed by atoms with Gasteiger partial charge >= 0.3 is 0 Å². The lowest BCUT2D eigenvalue weighted by molar-refractivity contribution is 0.0975. The Morgan fingerprint density at radius 2 is 2.09 bits per heavy atom. The summed E-state index contributed by atoms with van der Waals surface area (Å²) in [6, 6.07) is 7.68. The molecule has 5 heteroatoms. The zero-order valence-electron chi connectivity index (χ0n) is 12.6. The number of hydrogen-bond acceptors (Lipinski definition) is 2. The molecule has 4 unspecified atom stereocenters. The summed E-state index contributed by atoms with van der Waals surface area (Å²) in [4.78, 5) is 12.2. The first kappa shape index (κ1) is 15.9. The van der Waals surface area contributed by atoms with Crippen molar-refractivity contribution in [3.8, 4) is 0 Å². The first-order valence-electron chi connectivity index (χ1n) is 7.91. The maximum atomic E-state index is 12.2. The van der Waals surface area contributed by atoms with E-state index in [4.69, 9.17) is 12.2 Å². The van der Waals surface area contributed by atoms with Gasteiger partial charge in [0.1, 0.15) is 0 Å². The van der Waals surface area contributed by atoms with Crippen LogP contribution in [0.25, 0.3) is 0 Å². The lowest BCUT2D eigenvalue weighted by atomic mass is 9.84. The van der Waals surface area contributed by atoms with Gasteiger partial charge in [0.2, 0.25) is 0 Å². The second-order valence-corrected chi connectivity index (χ2v) is 7.80. The van der Waals surface area contributed by atoms with Gasteiger partial charge in [0, 0.05) is 10.5 Å². The van der Waals surface area contributed by atoms with Crippen LogP contribution in [0.3, 0.4) is 0 Å². The summed E-state index contributed by atoms with van der Waals surface area (Å²) in [6.45, 7) is 2.18. The largest absolute Gasteiger partial charge is 0.360 e. The number of amides is 1. The van der Waals surface area contributed by atoms with Gasteiger partial charge in [0.05, 0.1) is 5.56 Å². The molecule has 2 aliphatic carbocycles. The van der Waals surface area contributed by atoms with E-state index in [1.807, 2.05) is 18.2 Å². The van der Waals surface area contributed by atoms with Crippen molar-refractivity contribution in [3.63, 3.8) is 0 Å². The summed E-state index contributed by atoms with van der Waals surface area (Å²) in [7, 11) is 0. The van der Waals surface area contributed by atoms with Gasteiger partial charge in [-0.25, -0.2) is 0 Å². The minimum atomic E-state index is -0.176. The molecule has 0 aromatic heterocycles. The fraction of sp³-hybridized carbons (Fsp3) is 0.529. The van der Waals surface area contributed by atoms with E-state index in [-0.39, 0.29) is 5.91 Å². The highest BCUT2D eigenvalue weighted by Crippen LogP contribution is 2.49. The van der Waals surface area contributed by atoms with Gasteiger partial charge in [-0.3, -0.25) is 10.1 Å². The molecule has 0 saturated heterocycles. The summed E-state index contributed by atoms with van der Waals surface area (Å²) >= 11 is 8.70. The lowest BCUT2D eigenvalue weighted by Crippen LogP contribution is -2.46. The van der Waals surface area contributed by atoms with Crippen LogP contribution in [0.15, 0.2) is 28.7 Å². The van der Waals surface area contributed by atoms with Crippen molar-refractivity contribution in [3.05, 3.63) is 34.3 Å². The molecule has 1 amide bonds. The quantitative estimate of drug-likeness (QED) is 0.781. The highest BCUT2D eigenvalue weighted by Gasteiger charge is 2.41. The van der Waals surface area contributed by atoms with E-state index in [0.29, 0.717) is 22.6 Å². The Morgan fingerprint density at radius 3 is 2.73 bits per heavy atom. The van der Waals surface area contributed by atoms with Crippen LogP contribution in [-0.4, -0.2) is 17.1 Å². The Balaban J connectivity index is 1.54. The van der Waals surface area contributed by atoms with Gasteiger partial charge in [0.15, 0.2) is 5.11 Å². The van der Waals surface area contributed by atoms with E-state index in [1.54, 1.807) is 6.07 Å². The lowest BCUT2D eigenvalue weighted by Gasteiger charge is -2.29. The Bertz CT molecular complexity index is 592. The number of benzene rings is 1. The fourth-order valence-corrected chi connectivity index (χ4v) is 4.82. The Kier molecular flexibility index (Phi) is 4.83.